The van der Waals surface area contributed by atoms with Gasteiger partial charge in [0.05, 0.1) is 6.04 Å². The molecule has 2 rings (SSSR count). The van der Waals surface area contributed by atoms with Crippen LogP contribution < -0.4 is 20.1 Å². The van der Waals surface area contributed by atoms with E-state index in [2.05, 4.69) is 20.1 Å². The van der Waals surface area contributed by atoms with E-state index in [-0.39, 0.29) is 23.4 Å². The van der Waals surface area contributed by atoms with Crippen LogP contribution >= 0.6 is 0 Å². The first kappa shape index (κ1) is 21.5. The van der Waals surface area contributed by atoms with Gasteiger partial charge in [0, 0.05) is 11.7 Å². The zero-order valence-electron chi connectivity index (χ0n) is 15.2. The number of carbonyl (C=O) groups excluding carboxylic acids is 1. The molecule has 2 unspecified atom stereocenters. The first-order chi connectivity index (χ1) is 13.2. The van der Waals surface area contributed by atoms with Crippen LogP contribution in [0.15, 0.2) is 48.5 Å². The Morgan fingerprint density at radius 3 is 1.75 bits per heavy atom. The van der Waals surface area contributed by atoms with Crippen LogP contribution in [-0.4, -0.2) is 25.2 Å². The van der Waals surface area contributed by atoms with E-state index in [9.17, 15) is 22.4 Å². The van der Waals surface area contributed by atoms with Crippen molar-refractivity contribution in [3.05, 3.63) is 54.1 Å². The number of halogens is 4. The van der Waals surface area contributed by atoms with E-state index in [0.717, 1.165) is 5.56 Å². The standard InChI is InChI=1S/C19H20F4N2O3/c1-11(13-3-7-15(8-4-13)27-18(20)21)24-12(2)17(26)25-14-5-9-16(10-6-14)28-19(22)23/h3-12,18-19,24H,1-2H3,(H,25,26). The largest absolute Gasteiger partial charge is 0.435 e. The van der Waals surface area contributed by atoms with Crippen LogP contribution in [0.25, 0.3) is 0 Å². The van der Waals surface area contributed by atoms with E-state index < -0.39 is 19.3 Å². The zero-order valence-corrected chi connectivity index (χ0v) is 15.2. The zero-order chi connectivity index (χ0) is 20.7. The first-order valence-electron chi connectivity index (χ1n) is 8.41. The summed E-state index contributed by atoms with van der Waals surface area (Å²) in [6, 6.07) is 10.8. The molecule has 0 saturated heterocycles. The number of anilines is 1. The van der Waals surface area contributed by atoms with Crippen molar-refractivity contribution in [3.8, 4) is 11.5 Å². The fourth-order valence-electron chi connectivity index (χ4n) is 2.46. The third kappa shape index (κ3) is 6.73. The smallest absolute Gasteiger partial charge is 0.387 e. The molecule has 1 amide bonds. The highest BCUT2D eigenvalue weighted by Gasteiger charge is 2.17. The monoisotopic (exact) mass is 400 g/mol. The molecule has 2 N–H and O–H groups in total. The van der Waals surface area contributed by atoms with Gasteiger partial charge in [-0.15, -0.1) is 0 Å². The quantitative estimate of drug-likeness (QED) is 0.606. The van der Waals surface area contributed by atoms with E-state index in [0.29, 0.717) is 5.69 Å². The summed E-state index contributed by atoms with van der Waals surface area (Å²) in [6.07, 6.45) is 0. The number of benzene rings is 2. The lowest BCUT2D eigenvalue weighted by atomic mass is 10.1. The lowest BCUT2D eigenvalue weighted by Crippen LogP contribution is -2.39. The van der Waals surface area contributed by atoms with Crippen molar-refractivity contribution >= 4 is 11.6 Å². The van der Waals surface area contributed by atoms with Gasteiger partial charge in [-0.3, -0.25) is 10.1 Å². The molecule has 2 aromatic carbocycles. The number of rotatable bonds is 9. The van der Waals surface area contributed by atoms with E-state index in [1.807, 2.05) is 6.92 Å². The van der Waals surface area contributed by atoms with Crippen molar-refractivity contribution in [1.29, 1.82) is 0 Å². The maximum atomic E-state index is 12.3. The van der Waals surface area contributed by atoms with Gasteiger partial charge in [-0.2, -0.15) is 17.6 Å². The van der Waals surface area contributed by atoms with Gasteiger partial charge in [0.15, 0.2) is 0 Å². The molecule has 0 aliphatic rings. The molecule has 0 bridgehead atoms. The number of hydrogen-bond donors (Lipinski definition) is 2. The molecular weight excluding hydrogens is 380 g/mol. The van der Waals surface area contributed by atoms with Gasteiger partial charge >= 0.3 is 13.2 Å². The first-order valence-corrected chi connectivity index (χ1v) is 8.41. The minimum atomic E-state index is -2.91. The van der Waals surface area contributed by atoms with Crippen LogP contribution in [0.3, 0.4) is 0 Å². The molecule has 0 spiro atoms. The molecule has 0 radical (unpaired) electrons. The van der Waals surface area contributed by atoms with Crippen LogP contribution in [-0.2, 0) is 4.79 Å². The third-order valence-corrected chi connectivity index (χ3v) is 3.85. The fourth-order valence-corrected chi connectivity index (χ4v) is 2.46. The number of carbonyl (C=O) groups is 1. The van der Waals surface area contributed by atoms with Gasteiger partial charge in [0.2, 0.25) is 5.91 Å². The molecule has 5 nitrogen and oxygen atoms in total. The topological polar surface area (TPSA) is 59.6 Å². The molecule has 0 fully saturated rings. The molecule has 0 heterocycles. The van der Waals surface area contributed by atoms with Gasteiger partial charge in [-0.1, -0.05) is 12.1 Å². The van der Waals surface area contributed by atoms with Crippen LogP contribution in [0.5, 0.6) is 11.5 Å². The number of amides is 1. The number of alkyl halides is 4. The summed E-state index contributed by atoms with van der Waals surface area (Å²) in [5, 5.41) is 5.75. The van der Waals surface area contributed by atoms with E-state index in [4.69, 9.17) is 0 Å². The van der Waals surface area contributed by atoms with Crippen LogP contribution in [0.4, 0.5) is 23.2 Å². The molecule has 0 aliphatic carbocycles. The highest BCUT2D eigenvalue weighted by atomic mass is 19.3. The molecule has 0 aliphatic heterocycles. The lowest BCUT2D eigenvalue weighted by Gasteiger charge is -2.20. The number of hydrogen-bond acceptors (Lipinski definition) is 4. The molecule has 2 aromatic rings. The molecule has 0 saturated carbocycles. The lowest BCUT2D eigenvalue weighted by molar-refractivity contribution is -0.118. The molecule has 0 aromatic heterocycles. The predicted molar refractivity (Wildman–Crippen MR) is 95.8 cm³/mol. The Bertz CT molecular complexity index is 755. The summed E-state index contributed by atoms with van der Waals surface area (Å²) >= 11 is 0. The van der Waals surface area contributed by atoms with Gasteiger partial charge < -0.3 is 14.8 Å². The average molecular weight is 400 g/mol. The Morgan fingerprint density at radius 1 is 0.821 bits per heavy atom. The molecule has 2 atom stereocenters. The van der Waals surface area contributed by atoms with Crippen LogP contribution in [0.1, 0.15) is 25.5 Å². The Hall–Kier alpha value is -2.81. The SMILES string of the molecule is CC(NC(C)c1ccc(OC(F)F)cc1)C(=O)Nc1ccc(OC(F)F)cc1. The normalized spacial score (nSPS) is 13.3. The minimum Gasteiger partial charge on any atom is -0.435 e. The maximum Gasteiger partial charge on any atom is 0.387 e. The summed E-state index contributed by atoms with van der Waals surface area (Å²) in [5.41, 5.74) is 1.22. The summed E-state index contributed by atoms with van der Waals surface area (Å²) in [4.78, 5) is 12.3. The van der Waals surface area contributed by atoms with Crippen molar-refractivity contribution in [2.24, 2.45) is 0 Å². The minimum absolute atomic E-state index is 0.00735. The third-order valence-electron chi connectivity index (χ3n) is 3.85. The number of nitrogens with one attached hydrogen (secondary N) is 2. The summed E-state index contributed by atoms with van der Waals surface area (Å²) in [5.74, 6) is -0.282. The maximum absolute atomic E-state index is 12.3. The van der Waals surface area contributed by atoms with Crippen LogP contribution in [0.2, 0.25) is 0 Å². The predicted octanol–water partition coefficient (Wildman–Crippen LogP) is 4.57. The highest BCUT2D eigenvalue weighted by Crippen LogP contribution is 2.20. The molecule has 28 heavy (non-hydrogen) atoms. The molecular formula is C19H20F4N2O3. The second-order valence-corrected chi connectivity index (χ2v) is 5.95. The van der Waals surface area contributed by atoms with Gasteiger partial charge in [-0.25, -0.2) is 0 Å². The van der Waals surface area contributed by atoms with Crippen molar-refractivity contribution < 1.29 is 31.8 Å². The van der Waals surface area contributed by atoms with Gasteiger partial charge in [0.1, 0.15) is 11.5 Å². The highest BCUT2D eigenvalue weighted by molar-refractivity contribution is 5.94. The summed E-state index contributed by atoms with van der Waals surface area (Å²) < 4.78 is 57.2. The second-order valence-electron chi connectivity index (χ2n) is 5.95. The van der Waals surface area contributed by atoms with Crippen molar-refractivity contribution in [2.45, 2.75) is 39.2 Å². The Balaban J connectivity index is 1.88. The summed E-state index contributed by atoms with van der Waals surface area (Å²) in [6.45, 7) is -2.32. The average Bonchev–Trinajstić information content (AvgIpc) is 2.63. The van der Waals surface area contributed by atoms with E-state index >= 15 is 0 Å². The fraction of sp³-hybridized carbons (Fsp3) is 0.316. The van der Waals surface area contributed by atoms with Crippen molar-refractivity contribution in [2.75, 3.05) is 5.32 Å². The van der Waals surface area contributed by atoms with Crippen molar-refractivity contribution in [1.82, 2.24) is 5.32 Å². The van der Waals surface area contributed by atoms with E-state index in [1.54, 1.807) is 19.1 Å². The number of ether oxygens (including phenoxy) is 2. The van der Waals surface area contributed by atoms with Crippen molar-refractivity contribution in [3.63, 3.8) is 0 Å². The second kappa shape index (κ2) is 9.93. The molecule has 9 heteroatoms. The van der Waals surface area contributed by atoms with Gasteiger partial charge in [0.25, 0.3) is 0 Å². The van der Waals surface area contributed by atoms with E-state index in [1.165, 1.54) is 36.4 Å². The Labute approximate surface area is 159 Å². The summed E-state index contributed by atoms with van der Waals surface area (Å²) in [7, 11) is 0. The van der Waals surface area contributed by atoms with Gasteiger partial charge in [-0.05, 0) is 55.8 Å². The Kier molecular flexibility index (Phi) is 7.62. The Morgan fingerprint density at radius 2 is 1.29 bits per heavy atom. The van der Waals surface area contributed by atoms with Crippen LogP contribution in [0, 0.1) is 0 Å². The molecule has 152 valence electrons.